The molecule has 0 aromatic heterocycles. The zero-order valence-electron chi connectivity index (χ0n) is 11.5. The molecule has 1 fully saturated rings. The van der Waals surface area contributed by atoms with Crippen molar-refractivity contribution in [3.63, 3.8) is 0 Å². The van der Waals surface area contributed by atoms with Crippen LogP contribution in [0.1, 0.15) is 27.1 Å². The third-order valence-corrected chi connectivity index (χ3v) is 3.94. The average molecular weight is 273 g/mol. The van der Waals surface area contributed by atoms with Gasteiger partial charge in [-0.15, -0.1) is 0 Å². The van der Waals surface area contributed by atoms with E-state index in [-0.39, 0.29) is 11.8 Å². The Morgan fingerprint density at radius 1 is 0.950 bits per heavy atom. The number of carbonyl (C=O) groups is 2. The van der Waals surface area contributed by atoms with Gasteiger partial charge in [0, 0.05) is 32.7 Å². The lowest BCUT2D eigenvalue weighted by molar-refractivity contribution is 0.0646. The Hall–Kier alpha value is -1.72. The number of hydrogen-bond acceptors (Lipinski definition) is 4. The Morgan fingerprint density at radius 2 is 1.55 bits per heavy atom. The zero-order valence-corrected chi connectivity index (χ0v) is 11.5. The molecule has 1 aromatic carbocycles. The lowest BCUT2D eigenvalue weighted by Gasteiger charge is -2.27. The number of benzene rings is 1. The Balaban J connectivity index is 1.56. The second-order valence-corrected chi connectivity index (χ2v) is 5.25. The van der Waals surface area contributed by atoms with Gasteiger partial charge in [0.05, 0.1) is 11.1 Å². The second-order valence-electron chi connectivity index (χ2n) is 5.25. The number of amides is 2. The summed E-state index contributed by atoms with van der Waals surface area (Å²) in [6.07, 6.45) is 0.839. The van der Waals surface area contributed by atoms with Crippen LogP contribution in [0, 0.1) is 0 Å². The summed E-state index contributed by atoms with van der Waals surface area (Å²) in [5.74, 6) is -0.295. The first-order valence-corrected chi connectivity index (χ1v) is 7.15. The maximum absolute atomic E-state index is 12.2. The molecule has 5 nitrogen and oxygen atoms in total. The highest BCUT2D eigenvalue weighted by atomic mass is 16.2. The lowest BCUT2D eigenvalue weighted by Crippen LogP contribution is -2.44. The molecule has 0 bridgehead atoms. The van der Waals surface area contributed by atoms with E-state index in [2.05, 4.69) is 10.2 Å². The first-order chi connectivity index (χ1) is 9.77. The molecule has 106 valence electrons. The van der Waals surface area contributed by atoms with Gasteiger partial charge in [0.25, 0.3) is 11.8 Å². The predicted molar refractivity (Wildman–Crippen MR) is 75.7 cm³/mol. The van der Waals surface area contributed by atoms with Gasteiger partial charge in [0.15, 0.2) is 0 Å². The Labute approximate surface area is 118 Å². The maximum atomic E-state index is 12.2. The van der Waals surface area contributed by atoms with Crippen molar-refractivity contribution in [2.45, 2.75) is 6.42 Å². The van der Waals surface area contributed by atoms with E-state index in [9.17, 15) is 9.59 Å². The average Bonchev–Trinajstić information content (AvgIpc) is 2.74. The molecule has 5 heteroatoms. The van der Waals surface area contributed by atoms with Crippen LogP contribution in [0.15, 0.2) is 24.3 Å². The monoisotopic (exact) mass is 273 g/mol. The quantitative estimate of drug-likeness (QED) is 0.815. The van der Waals surface area contributed by atoms with Crippen LogP contribution in [-0.4, -0.2) is 60.9 Å². The van der Waals surface area contributed by atoms with Crippen LogP contribution in [0.3, 0.4) is 0 Å². The number of hydrogen-bond donors (Lipinski definition) is 1. The second kappa shape index (κ2) is 5.73. The Kier molecular flexibility index (Phi) is 3.80. The molecule has 0 spiro atoms. The first-order valence-electron chi connectivity index (χ1n) is 7.15. The molecule has 2 amide bonds. The van der Waals surface area contributed by atoms with E-state index in [1.807, 2.05) is 0 Å². The summed E-state index contributed by atoms with van der Waals surface area (Å²) in [7, 11) is 0. The van der Waals surface area contributed by atoms with Crippen molar-refractivity contribution in [2.75, 3.05) is 39.3 Å². The van der Waals surface area contributed by atoms with Gasteiger partial charge in [-0.2, -0.15) is 0 Å². The van der Waals surface area contributed by atoms with Crippen molar-refractivity contribution in [2.24, 2.45) is 0 Å². The van der Waals surface area contributed by atoms with Crippen LogP contribution in [0.2, 0.25) is 0 Å². The summed E-state index contributed by atoms with van der Waals surface area (Å²) in [5, 5.41) is 3.31. The number of nitrogens with one attached hydrogen (secondary N) is 1. The number of imide groups is 1. The van der Waals surface area contributed by atoms with E-state index in [0.717, 1.165) is 39.1 Å². The van der Waals surface area contributed by atoms with Crippen molar-refractivity contribution in [1.29, 1.82) is 0 Å². The third-order valence-electron chi connectivity index (χ3n) is 3.94. The van der Waals surface area contributed by atoms with Gasteiger partial charge in [-0.1, -0.05) is 12.1 Å². The van der Waals surface area contributed by atoms with Crippen molar-refractivity contribution < 1.29 is 9.59 Å². The van der Waals surface area contributed by atoms with Crippen LogP contribution in [-0.2, 0) is 0 Å². The molecule has 1 N–H and O–H groups in total. The molecule has 20 heavy (non-hydrogen) atoms. The molecule has 2 aliphatic heterocycles. The van der Waals surface area contributed by atoms with Crippen molar-refractivity contribution in [3.8, 4) is 0 Å². The standard InChI is InChI=1S/C15H19N3O2/c19-14-12-4-1-2-5-13(12)15(20)18(14)9-3-8-17-10-6-16-7-11-17/h1-2,4-5,16H,3,6-11H2. The first kappa shape index (κ1) is 13.3. The summed E-state index contributed by atoms with van der Waals surface area (Å²) in [5.41, 5.74) is 1.08. The number of rotatable bonds is 4. The molecule has 2 heterocycles. The topological polar surface area (TPSA) is 52.7 Å². The van der Waals surface area contributed by atoms with Crippen LogP contribution in [0.4, 0.5) is 0 Å². The fourth-order valence-electron chi connectivity index (χ4n) is 2.83. The minimum absolute atomic E-state index is 0.147. The fraction of sp³-hybridized carbons (Fsp3) is 0.467. The van der Waals surface area contributed by atoms with Crippen molar-refractivity contribution in [1.82, 2.24) is 15.1 Å². The SMILES string of the molecule is O=C1c2ccccc2C(=O)N1CCCN1CCNCC1. The van der Waals surface area contributed by atoms with E-state index in [0.29, 0.717) is 17.7 Å². The van der Waals surface area contributed by atoms with Crippen LogP contribution < -0.4 is 5.32 Å². The van der Waals surface area contributed by atoms with Gasteiger partial charge >= 0.3 is 0 Å². The summed E-state index contributed by atoms with van der Waals surface area (Å²) in [6.45, 7) is 5.58. The zero-order chi connectivity index (χ0) is 13.9. The predicted octanol–water partition coefficient (Wildman–Crippen LogP) is 0.578. The Morgan fingerprint density at radius 3 is 2.15 bits per heavy atom. The molecular formula is C15H19N3O2. The number of carbonyl (C=O) groups excluding carboxylic acids is 2. The largest absolute Gasteiger partial charge is 0.314 e. The maximum Gasteiger partial charge on any atom is 0.261 e. The summed E-state index contributed by atoms with van der Waals surface area (Å²) < 4.78 is 0. The molecular weight excluding hydrogens is 254 g/mol. The minimum atomic E-state index is -0.147. The van der Waals surface area contributed by atoms with Gasteiger partial charge < -0.3 is 10.2 Å². The van der Waals surface area contributed by atoms with Crippen molar-refractivity contribution >= 4 is 11.8 Å². The summed E-state index contributed by atoms with van der Waals surface area (Å²) in [4.78, 5) is 28.1. The van der Waals surface area contributed by atoms with E-state index in [4.69, 9.17) is 0 Å². The van der Waals surface area contributed by atoms with Crippen molar-refractivity contribution in [3.05, 3.63) is 35.4 Å². The molecule has 0 radical (unpaired) electrons. The van der Waals surface area contributed by atoms with E-state index in [1.54, 1.807) is 24.3 Å². The number of piperazine rings is 1. The lowest BCUT2D eigenvalue weighted by atomic mass is 10.1. The summed E-state index contributed by atoms with van der Waals surface area (Å²) >= 11 is 0. The molecule has 0 aliphatic carbocycles. The molecule has 2 aliphatic rings. The highest BCUT2D eigenvalue weighted by Crippen LogP contribution is 2.22. The van der Waals surface area contributed by atoms with Gasteiger partial charge in [-0.3, -0.25) is 14.5 Å². The highest BCUT2D eigenvalue weighted by Gasteiger charge is 2.34. The molecule has 3 rings (SSSR count). The van der Waals surface area contributed by atoms with E-state index in [1.165, 1.54) is 4.90 Å². The molecule has 1 saturated heterocycles. The van der Waals surface area contributed by atoms with Gasteiger partial charge in [-0.05, 0) is 25.1 Å². The van der Waals surface area contributed by atoms with Crippen LogP contribution in [0.25, 0.3) is 0 Å². The Bertz CT molecular complexity index is 489. The highest BCUT2D eigenvalue weighted by molar-refractivity contribution is 6.21. The molecule has 0 unspecified atom stereocenters. The van der Waals surface area contributed by atoms with Crippen LogP contribution in [0.5, 0.6) is 0 Å². The molecule has 0 atom stereocenters. The van der Waals surface area contributed by atoms with Gasteiger partial charge in [0.1, 0.15) is 0 Å². The van der Waals surface area contributed by atoms with Crippen LogP contribution >= 0.6 is 0 Å². The smallest absolute Gasteiger partial charge is 0.261 e. The normalized spacial score (nSPS) is 19.5. The van der Waals surface area contributed by atoms with Gasteiger partial charge in [0.2, 0.25) is 0 Å². The van der Waals surface area contributed by atoms with E-state index < -0.39 is 0 Å². The van der Waals surface area contributed by atoms with Gasteiger partial charge in [-0.25, -0.2) is 0 Å². The number of nitrogens with zero attached hydrogens (tertiary/aromatic N) is 2. The molecule has 1 aromatic rings. The third kappa shape index (κ3) is 2.46. The number of fused-ring (bicyclic) bond motifs is 1. The minimum Gasteiger partial charge on any atom is -0.314 e. The van der Waals surface area contributed by atoms with E-state index >= 15 is 0 Å². The molecule has 0 saturated carbocycles. The fourth-order valence-corrected chi connectivity index (χ4v) is 2.83. The summed E-state index contributed by atoms with van der Waals surface area (Å²) in [6, 6.07) is 7.06.